The van der Waals surface area contributed by atoms with Crippen LogP contribution in [0.25, 0.3) is 0 Å². The summed E-state index contributed by atoms with van der Waals surface area (Å²) < 4.78 is 0. The Hall–Kier alpha value is -0.870. The summed E-state index contributed by atoms with van der Waals surface area (Å²) in [5, 5.41) is 11.4. The third-order valence-electron chi connectivity index (χ3n) is 5.12. The summed E-state index contributed by atoms with van der Waals surface area (Å²) in [6.45, 7) is 5.97. The van der Waals surface area contributed by atoms with Gasteiger partial charge in [-0.05, 0) is 25.2 Å². The Labute approximate surface area is 131 Å². The van der Waals surface area contributed by atoms with Crippen molar-refractivity contribution in [3.8, 4) is 0 Å². The van der Waals surface area contributed by atoms with Gasteiger partial charge in [0.2, 0.25) is 0 Å². The molecular weight excluding hydrogens is 286 g/mol. The molecule has 0 bridgehead atoms. The zero-order chi connectivity index (χ0) is 15.0. The second-order valence-electron chi connectivity index (χ2n) is 6.80. The number of nitrogens with zero attached hydrogens (tertiary/aromatic N) is 3. The molecule has 4 nitrogen and oxygen atoms in total. The van der Waals surface area contributed by atoms with Gasteiger partial charge in [0.05, 0.1) is 5.60 Å². The van der Waals surface area contributed by atoms with Crippen LogP contribution in [0.3, 0.4) is 0 Å². The maximum Gasteiger partial charge on any atom is 0.138 e. The molecule has 1 N–H and O–H groups in total. The van der Waals surface area contributed by atoms with E-state index in [1.165, 1.54) is 6.42 Å². The molecule has 1 aromatic rings. The smallest absolute Gasteiger partial charge is 0.138 e. The minimum Gasteiger partial charge on any atom is -0.389 e. The lowest BCUT2D eigenvalue weighted by atomic mass is 9.71. The van der Waals surface area contributed by atoms with Crippen LogP contribution in [0.15, 0.2) is 6.33 Å². The van der Waals surface area contributed by atoms with Crippen LogP contribution < -0.4 is 4.90 Å². The molecule has 3 rings (SSSR count). The average Bonchev–Trinajstić information content (AvgIpc) is 2.45. The van der Waals surface area contributed by atoms with Crippen molar-refractivity contribution < 1.29 is 5.11 Å². The van der Waals surface area contributed by atoms with Gasteiger partial charge in [0.25, 0.3) is 0 Å². The van der Waals surface area contributed by atoms with Crippen LogP contribution >= 0.6 is 11.6 Å². The van der Waals surface area contributed by atoms with Gasteiger partial charge < -0.3 is 10.0 Å². The van der Waals surface area contributed by atoms with E-state index in [2.05, 4.69) is 28.7 Å². The molecule has 0 spiro atoms. The van der Waals surface area contributed by atoms with E-state index < -0.39 is 5.60 Å². The molecule has 1 saturated heterocycles. The molecule has 1 aromatic heterocycles. The summed E-state index contributed by atoms with van der Waals surface area (Å²) in [5.41, 5.74) is 0.573. The van der Waals surface area contributed by atoms with Gasteiger partial charge in [0, 0.05) is 24.6 Å². The van der Waals surface area contributed by atoms with Gasteiger partial charge in [-0.15, -0.1) is 0 Å². The van der Waals surface area contributed by atoms with Crippen LogP contribution in [0.1, 0.15) is 57.4 Å². The predicted octanol–water partition coefficient (Wildman–Crippen LogP) is 3.38. The number of aromatic nitrogens is 2. The summed E-state index contributed by atoms with van der Waals surface area (Å²) in [6, 6.07) is 0. The first-order valence-electron chi connectivity index (χ1n) is 7.99. The maximum atomic E-state index is 10.8. The van der Waals surface area contributed by atoms with Gasteiger partial charge in [-0.2, -0.15) is 0 Å². The predicted molar refractivity (Wildman–Crippen MR) is 84.9 cm³/mol. The summed E-state index contributed by atoms with van der Waals surface area (Å²) in [5.74, 6) is 1.60. The molecule has 1 aliphatic carbocycles. The maximum absolute atomic E-state index is 10.8. The fourth-order valence-corrected chi connectivity index (χ4v) is 4.22. The molecule has 2 unspecified atom stereocenters. The monoisotopic (exact) mass is 309 g/mol. The largest absolute Gasteiger partial charge is 0.389 e. The summed E-state index contributed by atoms with van der Waals surface area (Å²) >= 11 is 6.28. The highest BCUT2D eigenvalue weighted by atomic mass is 35.5. The highest BCUT2D eigenvalue weighted by Gasteiger charge is 2.43. The molecule has 0 aromatic carbocycles. The Morgan fingerprint density at radius 3 is 2.90 bits per heavy atom. The van der Waals surface area contributed by atoms with E-state index in [0.29, 0.717) is 17.0 Å². The standard InChI is InChI=1S/C16H24ClN3O/c1-11(2)13-14(17)18-10-19-15(13)20-8-7-16(21)6-4-3-5-12(16)9-20/h10-12,21H,3-9H2,1-2H3. The normalized spacial score (nSPS) is 29.6. The second kappa shape index (κ2) is 5.73. The van der Waals surface area contributed by atoms with Gasteiger partial charge in [-0.3, -0.25) is 0 Å². The fraction of sp³-hybridized carbons (Fsp3) is 0.750. The van der Waals surface area contributed by atoms with E-state index in [0.717, 1.165) is 50.2 Å². The third-order valence-corrected chi connectivity index (χ3v) is 5.42. The molecule has 2 heterocycles. The van der Waals surface area contributed by atoms with Crippen molar-refractivity contribution in [1.82, 2.24) is 9.97 Å². The van der Waals surface area contributed by atoms with E-state index >= 15 is 0 Å². The van der Waals surface area contributed by atoms with Crippen LogP contribution in [0, 0.1) is 5.92 Å². The number of hydrogen-bond donors (Lipinski definition) is 1. The minimum absolute atomic E-state index is 0.292. The van der Waals surface area contributed by atoms with Crippen molar-refractivity contribution in [1.29, 1.82) is 0 Å². The quantitative estimate of drug-likeness (QED) is 0.851. The summed E-state index contributed by atoms with van der Waals surface area (Å²) in [7, 11) is 0. The van der Waals surface area contributed by atoms with Gasteiger partial charge in [-0.25, -0.2) is 9.97 Å². The Morgan fingerprint density at radius 1 is 1.33 bits per heavy atom. The lowest BCUT2D eigenvalue weighted by Gasteiger charge is -2.48. The molecule has 2 aliphatic rings. The molecule has 2 atom stereocenters. The topological polar surface area (TPSA) is 49.2 Å². The summed E-state index contributed by atoms with van der Waals surface area (Å²) in [6.07, 6.45) is 6.82. The first kappa shape index (κ1) is 15.0. The van der Waals surface area contributed by atoms with Crippen molar-refractivity contribution >= 4 is 17.4 Å². The fourth-order valence-electron chi connectivity index (χ4n) is 3.88. The number of hydrogen-bond acceptors (Lipinski definition) is 4. The number of anilines is 1. The molecule has 2 fully saturated rings. The van der Waals surface area contributed by atoms with E-state index in [1.807, 2.05) is 0 Å². The van der Waals surface area contributed by atoms with E-state index in [4.69, 9.17) is 11.6 Å². The van der Waals surface area contributed by atoms with Crippen LogP contribution in [0.4, 0.5) is 5.82 Å². The molecule has 0 amide bonds. The van der Waals surface area contributed by atoms with Crippen LogP contribution in [-0.4, -0.2) is 33.8 Å². The molecule has 1 saturated carbocycles. The Morgan fingerprint density at radius 2 is 2.14 bits per heavy atom. The highest BCUT2D eigenvalue weighted by molar-refractivity contribution is 6.30. The number of aliphatic hydroxyl groups is 1. The molecular formula is C16H24ClN3O. The van der Waals surface area contributed by atoms with Gasteiger partial charge in [0.15, 0.2) is 0 Å². The number of fused-ring (bicyclic) bond motifs is 1. The van der Waals surface area contributed by atoms with Crippen molar-refractivity contribution in [3.63, 3.8) is 0 Å². The van der Waals surface area contributed by atoms with Gasteiger partial charge in [-0.1, -0.05) is 38.3 Å². The Balaban J connectivity index is 1.87. The molecule has 116 valence electrons. The Kier molecular flexibility index (Phi) is 4.10. The van der Waals surface area contributed by atoms with Gasteiger partial charge in [0.1, 0.15) is 17.3 Å². The minimum atomic E-state index is -0.455. The zero-order valence-electron chi connectivity index (χ0n) is 12.8. The molecule has 0 radical (unpaired) electrons. The van der Waals surface area contributed by atoms with Crippen molar-refractivity contribution in [2.45, 2.75) is 57.5 Å². The molecule has 5 heteroatoms. The average molecular weight is 310 g/mol. The van der Waals surface area contributed by atoms with E-state index in [-0.39, 0.29) is 0 Å². The van der Waals surface area contributed by atoms with Crippen LogP contribution in [0.5, 0.6) is 0 Å². The SMILES string of the molecule is CC(C)c1c(Cl)ncnc1N1CCC2(O)CCCCC2C1. The first-order chi connectivity index (χ1) is 10.0. The van der Waals surface area contributed by atoms with Crippen LogP contribution in [-0.2, 0) is 0 Å². The third kappa shape index (κ3) is 2.76. The summed E-state index contributed by atoms with van der Waals surface area (Å²) in [4.78, 5) is 10.9. The molecule has 1 aliphatic heterocycles. The second-order valence-corrected chi connectivity index (χ2v) is 7.16. The lowest BCUT2D eigenvalue weighted by Crippen LogP contribution is -2.53. The van der Waals surface area contributed by atoms with Gasteiger partial charge >= 0.3 is 0 Å². The van der Waals surface area contributed by atoms with E-state index in [1.54, 1.807) is 6.33 Å². The van der Waals surface area contributed by atoms with Crippen molar-refractivity contribution in [2.24, 2.45) is 5.92 Å². The van der Waals surface area contributed by atoms with Crippen LogP contribution in [0.2, 0.25) is 5.15 Å². The zero-order valence-corrected chi connectivity index (χ0v) is 13.6. The highest BCUT2D eigenvalue weighted by Crippen LogP contribution is 2.42. The van der Waals surface area contributed by atoms with E-state index in [9.17, 15) is 5.11 Å². The number of halogens is 1. The number of rotatable bonds is 2. The van der Waals surface area contributed by atoms with Crippen molar-refractivity contribution in [2.75, 3.05) is 18.0 Å². The van der Waals surface area contributed by atoms with Crippen molar-refractivity contribution in [3.05, 3.63) is 17.0 Å². The first-order valence-corrected chi connectivity index (χ1v) is 8.37. The number of piperidine rings is 1. The lowest BCUT2D eigenvalue weighted by molar-refractivity contribution is -0.0613. The molecule has 21 heavy (non-hydrogen) atoms. The Bertz CT molecular complexity index is 522.